The molecule has 0 spiro atoms. The molecule has 0 aliphatic carbocycles. The second-order valence-electron chi connectivity index (χ2n) is 2.87. The molecule has 2 aromatic rings. The maximum Gasteiger partial charge on any atom is 0.219 e. The highest BCUT2D eigenvalue weighted by atomic mass is 16.1. The van der Waals surface area contributed by atoms with E-state index < -0.39 is 0 Å². The number of hydrogen-bond acceptors (Lipinski definition) is 4. The maximum atomic E-state index is 11.6. The smallest absolute Gasteiger partial charge is 0.219 e. The molecule has 0 atom stereocenters. The molecule has 0 amide bonds. The average molecular weight is 191 g/mol. The maximum absolute atomic E-state index is 11.6. The first-order valence-corrected chi connectivity index (χ1v) is 4.10. The molecule has 0 aliphatic rings. The van der Waals surface area contributed by atoms with E-state index in [1.807, 2.05) is 0 Å². The fraction of sp³-hybridized carbons (Fsp3) is 0.250. The Hall–Kier alpha value is -1.98. The summed E-state index contributed by atoms with van der Waals surface area (Å²) in [7, 11) is 1.69. The first-order chi connectivity index (χ1) is 6.77. The molecular weight excluding hydrogens is 182 g/mol. The van der Waals surface area contributed by atoms with Gasteiger partial charge in [0.25, 0.3) is 0 Å². The third-order valence-corrected chi connectivity index (χ3v) is 1.85. The van der Waals surface area contributed by atoms with E-state index >= 15 is 0 Å². The largest absolute Gasteiger partial charge is 0.330 e. The summed E-state index contributed by atoms with van der Waals surface area (Å²) in [6.07, 6.45) is 6.31. The Bertz CT molecular complexity index is 430. The van der Waals surface area contributed by atoms with Crippen LogP contribution in [-0.2, 0) is 13.6 Å². The summed E-state index contributed by atoms with van der Waals surface area (Å²) >= 11 is 0. The lowest BCUT2D eigenvalue weighted by molar-refractivity contribution is 0.0958. The number of ketones is 1. The average Bonchev–Trinajstić information content (AvgIpc) is 2.75. The third kappa shape index (κ3) is 1.54. The SMILES string of the molecule is Cn1ncnc1C(=O)Cn1ccnc1. The minimum atomic E-state index is -0.0806. The molecular formula is C8H9N5O. The number of carbonyl (C=O) groups excluding carboxylic acids is 1. The van der Waals surface area contributed by atoms with Gasteiger partial charge in [-0.2, -0.15) is 5.10 Å². The zero-order valence-corrected chi connectivity index (χ0v) is 7.66. The number of imidazole rings is 1. The summed E-state index contributed by atoms with van der Waals surface area (Å²) < 4.78 is 3.15. The van der Waals surface area contributed by atoms with Crippen molar-refractivity contribution in [2.75, 3.05) is 0 Å². The second kappa shape index (κ2) is 3.41. The molecule has 2 aromatic heterocycles. The van der Waals surface area contributed by atoms with E-state index in [0.717, 1.165) is 0 Å². The molecule has 0 aliphatic heterocycles. The third-order valence-electron chi connectivity index (χ3n) is 1.85. The first kappa shape index (κ1) is 8.61. The van der Waals surface area contributed by atoms with Crippen LogP contribution in [0.2, 0.25) is 0 Å². The van der Waals surface area contributed by atoms with Gasteiger partial charge >= 0.3 is 0 Å². The van der Waals surface area contributed by atoms with Crippen LogP contribution in [0.5, 0.6) is 0 Å². The predicted octanol–water partition coefficient (Wildman–Crippen LogP) is -0.106. The Morgan fingerprint density at radius 1 is 1.57 bits per heavy atom. The Balaban J connectivity index is 2.14. The van der Waals surface area contributed by atoms with Crippen LogP contribution in [0, 0.1) is 0 Å². The summed E-state index contributed by atoms with van der Waals surface area (Å²) in [4.78, 5) is 19.3. The molecule has 0 bridgehead atoms. The summed E-state index contributed by atoms with van der Waals surface area (Å²) in [5.41, 5.74) is 0. The fourth-order valence-corrected chi connectivity index (χ4v) is 1.17. The fourth-order valence-electron chi connectivity index (χ4n) is 1.17. The molecule has 0 fully saturated rings. The molecule has 72 valence electrons. The normalized spacial score (nSPS) is 10.4. The van der Waals surface area contributed by atoms with Crippen molar-refractivity contribution < 1.29 is 4.79 Å². The lowest BCUT2D eigenvalue weighted by atomic mass is 10.3. The molecule has 2 rings (SSSR count). The van der Waals surface area contributed by atoms with Gasteiger partial charge in [-0.15, -0.1) is 0 Å². The van der Waals surface area contributed by atoms with Gasteiger partial charge in [0.1, 0.15) is 6.33 Å². The van der Waals surface area contributed by atoms with Crippen LogP contribution in [0.25, 0.3) is 0 Å². The molecule has 0 unspecified atom stereocenters. The van der Waals surface area contributed by atoms with Gasteiger partial charge in [0, 0.05) is 19.4 Å². The van der Waals surface area contributed by atoms with E-state index in [9.17, 15) is 4.79 Å². The van der Waals surface area contributed by atoms with Gasteiger partial charge in [-0.25, -0.2) is 14.6 Å². The monoisotopic (exact) mass is 191 g/mol. The molecule has 14 heavy (non-hydrogen) atoms. The van der Waals surface area contributed by atoms with E-state index in [4.69, 9.17) is 0 Å². The summed E-state index contributed by atoms with van der Waals surface area (Å²) in [5, 5.41) is 3.83. The minimum Gasteiger partial charge on any atom is -0.330 e. The zero-order chi connectivity index (χ0) is 9.97. The Kier molecular flexibility index (Phi) is 2.10. The van der Waals surface area contributed by atoms with Gasteiger partial charge in [0.05, 0.1) is 12.9 Å². The van der Waals surface area contributed by atoms with Crippen LogP contribution in [0.15, 0.2) is 25.0 Å². The number of hydrogen-bond donors (Lipinski definition) is 0. The molecule has 0 saturated heterocycles. The van der Waals surface area contributed by atoms with Gasteiger partial charge in [0.2, 0.25) is 5.78 Å². The lowest BCUT2D eigenvalue weighted by Crippen LogP contribution is -2.14. The molecule has 0 saturated carbocycles. The van der Waals surface area contributed by atoms with Crippen molar-refractivity contribution in [3.8, 4) is 0 Å². The van der Waals surface area contributed by atoms with Gasteiger partial charge in [-0.3, -0.25) is 4.79 Å². The van der Waals surface area contributed by atoms with Gasteiger partial charge in [0.15, 0.2) is 5.82 Å². The quantitative estimate of drug-likeness (QED) is 0.635. The molecule has 2 heterocycles. The molecule has 0 N–H and O–H groups in total. The van der Waals surface area contributed by atoms with Crippen LogP contribution in [0.1, 0.15) is 10.6 Å². The van der Waals surface area contributed by atoms with E-state index in [-0.39, 0.29) is 12.3 Å². The zero-order valence-electron chi connectivity index (χ0n) is 7.66. The number of aromatic nitrogens is 5. The highest BCUT2D eigenvalue weighted by Crippen LogP contribution is 1.96. The topological polar surface area (TPSA) is 65.6 Å². The van der Waals surface area contributed by atoms with E-state index in [0.29, 0.717) is 5.82 Å². The summed E-state index contributed by atoms with van der Waals surface area (Å²) in [5.74, 6) is 0.279. The van der Waals surface area contributed by atoms with Gasteiger partial charge < -0.3 is 4.57 Å². The van der Waals surface area contributed by atoms with Crippen LogP contribution in [0.3, 0.4) is 0 Å². The lowest BCUT2D eigenvalue weighted by Gasteiger charge is -2.00. The predicted molar refractivity (Wildman–Crippen MR) is 47.6 cm³/mol. The van der Waals surface area contributed by atoms with Crippen LogP contribution >= 0.6 is 0 Å². The highest BCUT2D eigenvalue weighted by molar-refractivity contribution is 5.92. The minimum absolute atomic E-state index is 0.0806. The van der Waals surface area contributed by atoms with Crippen molar-refractivity contribution in [3.05, 3.63) is 30.9 Å². The molecule has 6 nitrogen and oxygen atoms in total. The van der Waals surface area contributed by atoms with Gasteiger partial charge in [-0.05, 0) is 0 Å². The number of Topliss-reactive ketones (excluding diaryl/α,β-unsaturated/α-hetero) is 1. The Labute approximate surface area is 80.2 Å². The summed E-state index contributed by atoms with van der Waals surface area (Å²) in [6, 6.07) is 0. The molecule has 0 aromatic carbocycles. The number of rotatable bonds is 3. The van der Waals surface area contributed by atoms with Crippen molar-refractivity contribution in [1.82, 2.24) is 24.3 Å². The van der Waals surface area contributed by atoms with Crippen molar-refractivity contribution in [2.45, 2.75) is 6.54 Å². The second-order valence-corrected chi connectivity index (χ2v) is 2.87. The molecule has 0 radical (unpaired) electrons. The van der Waals surface area contributed by atoms with Crippen molar-refractivity contribution >= 4 is 5.78 Å². The first-order valence-electron chi connectivity index (χ1n) is 4.10. The standard InChI is InChI=1S/C8H9N5O/c1-12-8(10-5-11-12)7(14)4-13-3-2-9-6-13/h2-3,5-6H,4H2,1H3. The van der Waals surface area contributed by atoms with E-state index in [2.05, 4.69) is 15.1 Å². The van der Waals surface area contributed by atoms with Crippen molar-refractivity contribution in [2.24, 2.45) is 7.05 Å². The van der Waals surface area contributed by atoms with E-state index in [1.54, 1.807) is 30.3 Å². The Morgan fingerprint density at radius 2 is 2.43 bits per heavy atom. The van der Waals surface area contributed by atoms with Crippen LogP contribution < -0.4 is 0 Å². The number of nitrogens with zero attached hydrogens (tertiary/aromatic N) is 5. The highest BCUT2D eigenvalue weighted by Gasteiger charge is 2.11. The van der Waals surface area contributed by atoms with Crippen LogP contribution in [-0.4, -0.2) is 30.1 Å². The molecule has 6 heteroatoms. The van der Waals surface area contributed by atoms with Gasteiger partial charge in [-0.1, -0.05) is 0 Å². The van der Waals surface area contributed by atoms with Crippen LogP contribution in [0.4, 0.5) is 0 Å². The van der Waals surface area contributed by atoms with Crippen molar-refractivity contribution in [1.29, 1.82) is 0 Å². The Morgan fingerprint density at radius 3 is 3.00 bits per heavy atom. The van der Waals surface area contributed by atoms with Crippen molar-refractivity contribution in [3.63, 3.8) is 0 Å². The number of carbonyl (C=O) groups is 1. The van der Waals surface area contributed by atoms with E-state index in [1.165, 1.54) is 11.0 Å². The number of aryl methyl sites for hydroxylation is 1. The summed E-state index contributed by atoms with van der Waals surface area (Å²) in [6.45, 7) is 0.243.